The maximum absolute atomic E-state index is 12.5. The molecule has 1 aromatic carbocycles. The summed E-state index contributed by atoms with van der Waals surface area (Å²) < 4.78 is 0.846. The molecule has 0 radical (unpaired) electrons. The third kappa shape index (κ3) is 2.05. The summed E-state index contributed by atoms with van der Waals surface area (Å²) in [5, 5.41) is 0.646. The highest BCUT2D eigenvalue weighted by Gasteiger charge is 2.35. The third-order valence-electron chi connectivity index (χ3n) is 3.27. The Balaban J connectivity index is 2.10. The first-order valence-electron chi connectivity index (χ1n) is 5.81. The summed E-state index contributed by atoms with van der Waals surface area (Å²) in [6.45, 7) is 1.99. The van der Waals surface area contributed by atoms with Gasteiger partial charge in [0.25, 0.3) is 5.91 Å². The molecule has 1 unspecified atom stereocenters. The van der Waals surface area contributed by atoms with Crippen LogP contribution in [0, 0.1) is 0 Å². The fraction of sp³-hybridized carbons (Fsp3) is 0.143. The van der Waals surface area contributed by atoms with E-state index in [1.165, 1.54) is 0 Å². The summed E-state index contributed by atoms with van der Waals surface area (Å²) >= 11 is 9.38. The standard InChI is InChI=1S/C14H10BrClN2O/c1-8-13-5-10(16)2-3-12(13)14(19)18(8)11-4-9(15)6-17-7-11/h2-8H,1H3. The van der Waals surface area contributed by atoms with Gasteiger partial charge in [0.1, 0.15) is 0 Å². The van der Waals surface area contributed by atoms with Gasteiger partial charge in [-0.2, -0.15) is 0 Å². The van der Waals surface area contributed by atoms with E-state index in [0.717, 1.165) is 15.7 Å². The Bertz CT molecular complexity index is 674. The molecular formula is C14H10BrClN2O. The number of nitrogens with zero attached hydrogens (tertiary/aromatic N) is 2. The molecule has 3 rings (SSSR count). The van der Waals surface area contributed by atoms with E-state index in [0.29, 0.717) is 10.6 Å². The average molecular weight is 338 g/mol. The van der Waals surface area contributed by atoms with Gasteiger partial charge in [0.2, 0.25) is 0 Å². The van der Waals surface area contributed by atoms with Crippen molar-refractivity contribution in [2.24, 2.45) is 0 Å². The summed E-state index contributed by atoms with van der Waals surface area (Å²) in [5.74, 6) is -0.0148. The number of aromatic nitrogens is 1. The molecule has 1 amide bonds. The van der Waals surface area contributed by atoms with E-state index >= 15 is 0 Å². The molecule has 3 nitrogen and oxygen atoms in total. The van der Waals surface area contributed by atoms with Gasteiger partial charge in [0.05, 0.1) is 17.9 Å². The minimum absolute atomic E-state index is 0.0148. The van der Waals surface area contributed by atoms with Crippen LogP contribution in [0.4, 0.5) is 5.69 Å². The van der Waals surface area contributed by atoms with Crippen LogP contribution in [-0.4, -0.2) is 10.9 Å². The van der Waals surface area contributed by atoms with Gasteiger partial charge in [-0.05, 0) is 52.7 Å². The largest absolute Gasteiger partial charge is 0.300 e. The van der Waals surface area contributed by atoms with Gasteiger partial charge in [-0.15, -0.1) is 0 Å². The molecule has 0 saturated heterocycles. The summed E-state index contributed by atoms with van der Waals surface area (Å²) in [5.41, 5.74) is 2.44. The number of amides is 1. The molecule has 1 atom stereocenters. The van der Waals surface area contributed by atoms with Crippen LogP contribution in [0.3, 0.4) is 0 Å². The zero-order valence-electron chi connectivity index (χ0n) is 10.1. The van der Waals surface area contributed by atoms with Gasteiger partial charge < -0.3 is 0 Å². The molecule has 0 spiro atoms. The molecule has 0 aliphatic carbocycles. The average Bonchev–Trinajstić information content (AvgIpc) is 2.61. The summed E-state index contributed by atoms with van der Waals surface area (Å²) in [6, 6.07) is 7.22. The van der Waals surface area contributed by atoms with Gasteiger partial charge in [0, 0.05) is 21.3 Å². The highest BCUT2D eigenvalue weighted by Crippen LogP contribution is 2.38. The number of hydrogen-bond donors (Lipinski definition) is 0. The smallest absolute Gasteiger partial charge is 0.259 e. The lowest BCUT2D eigenvalue weighted by Gasteiger charge is -2.21. The summed E-state index contributed by atoms with van der Waals surface area (Å²) in [7, 11) is 0. The first-order valence-corrected chi connectivity index (χ1v) is 6.98. The van der Waals surface area contributed by atoms with Crippen molar-refractivity contribution < 1.29 is 4.79 Å². The number of halogens is 2. The fourth-order valence-electron chi connectivity index (χ4n) is 2.39. The molecule has 1 aromatic heterocycles. The topological polar surface area (TPSA) is 33.2 Å². The third-order valence-corrected chi connectivity index (χ3v) is 3.94. The second-order valence-electron chi connectivity index (χ2n) is 4.44. The first-order chi connectivity index (χ1) is 9.08. The number of carbonyl (C=O) groups is 1. The predicted octanol–water partition coefficient (Wildman–Crippen LogP) is 4.22. The van der Waals surface area contributed by atoms with E-state index in [1.54, 1.807) is 29.4 Å². The SMILES string of the molecule is CC1c2cc(Cl)ccc2C(=O)N1c1cncc(Br)c1. The van der Waals surface area contributed by atoms with Crippen LogP contribution in [0.5, 0.6) is 0 Å². The van der Waals surface area contributed by atoms with Crippen LogP contribution < -0.4 is 4.90 Å². The molecule has 19 heavy (non-hydrogen) atoms. The molecule has 96 valence electrons. The van der Waals surface area contributed by atoms with Crippen molar-refractivity contribution in [1.82, 2.24) is 4.98 Å². The Labute approximate surface area is 124 Å². The van der Waals surface area contributed by atoms with Crippen molar-refractivity contribution in [1.29, 1.82) is 0 Å². The Morgan fingerprint density at radius 2 is 2.11 bits per heavy atom. The second-order valence-corrected chi connectivity index (χ2v) is 5.80. The maximum atomic E-state index is 12.5. The molecule has 0 N–H and O–H groups in total. The summed E-state index contributed by atoms with van der Waals surface area (Å²) in [4.78, 5) is 18.3. The van der Waals surface area contributed by atoms with Crippen LogP contribution in [0.25, 0.3) is 0 Å². The molecule has 0 saturated carbocycles. The quantitative estimate of drug-likeness (QED) is 0.780. The number of hydrogen-bond acceptors (Lipinski definition) is 2. The fourth-order valence-corrected chi connectivity index (χ4v) is 2.93. The zero-order chi connectivity index (χ0) is 13.6. The van der Waals surface area contributed by atoms with Crippen LogP contribution in [0.2, 0.25) is 5.02 Å². The van der Waals surface area contributed by atoms with Gasteiger partial charge in [0.15, 0.2) is 0 Å². The molecule has 0 fully saturated rings. The first kappa shape index (κ1) is 12.6. The lowest BCUT2D eigenvalue weighted by atomic mass is 10.1. The lowest BCUT2D eigenvalue weighted by molar-refractivity contribution is 0.0992. The molecule has 1 aliphatic rings. The van der Waals surface area contributed by atoms with E-state index in [2.05, 4.69) is 20.9 Å². The zero-order valence-corrected chi connectivity index (χ0v) is 12.4. The van der Waals surface area contributed by atoms with Gasteiger partial charge >= 0.3 is 0 Å². The molecule has 1 aliphatic heterocycles. The van der Waals surface area contributed by atoms with Crippen LogP contribution >= 0.6 is 27.5 Å². The van der Waals surface area contributed by atoms with Crippen LogP contribution in [0.1, 0.15) is 28.9 Å². The van der Waals surface area contributed by atoms with Crippen molar-refractivity contribution in [2.75, 3.05) is 4.90 Å². The number of fused-ring (bicyclic) bond motifs is 1. The van der Waals surface area contributed by atoms with Crippen molar-refractivity contribution in [3.63, 3.8) is 0 Å². The Hall–Kier alpha value is -1.39. The molecule has 2 aromatic rings. The monoisotopic (exact) mass is 336 g/mol. The summed E-state index contributed by atoms with van der Waals surface area (Å²) in [6.07, 6.45) is 3.38. The van der Waals surface area contributed by atoms with E-state index in [4.69, 9.17) is 11.6 Å². The van der Waals surface area contributed by atoms with E-state index in [1.807, 2.05) is 19.1 Å². The second kappa shape index (κ2) is 4.62. The minimum Gasteiger partial charge on any atom is -0.300 e. The highest BCUT2D eigenvalue weighted by molar-refractivity contribution is 9.10. The maximum Gasteiger partial charge on any atom is 0.259 e. The highest BCUT2D eigenvalue weighted by atomic mass is 79.9. The van der Waals surface area contributed by atoms with Crippen molar-refractivity contribution >= 4 is 39.1 Å². The molecular weight excluding hydrogens is 328 g/mol. The van der Waals surface area contributed by atoms with E-state index in [-0.39, 0.29) is 11.9 Å². The number of benzene rings is 1. The van der Waals surface area contributed by atoms with Crippen molar-refractivity contribution in [2.45, 2.75) is 13.0 Å². The lowest BCUT2D eigenvalue weighted by Crippen LogP contribution is -2.26. The molecule has 5 heteroatoms. The Morgan fingerprint density at radius 3 is 2.84 bits per heavy atom. The normalized spacial score (nSPS) is 17.7. The number of carbonyl (C=O) groups excluding carboxylic acids is 1. The van der Waals surface area contributed by atoms with Gasteiger partial charge in [-0.3, -0.25) is 14.7 Å². The number of anilines is 1. The van der Waals surface area contributed by atoms with Crippen molar-refractivity contribution in [3.8, 4) is 0 Å². The Kier molecular flexibility index (Phi) is 3.07. The molecule has 2 heterocycles. The molecule has 0 bridgehead atoms. The predicted molar refractivity (Wildman–Crippen MR) is 78.6 cm³/mol. The minimum atomic E-state index is -0.0442. The van der Waals surface area contributed by atoms with Crippen LogP contribution in [0.15, 0.2) is 41.1 Å². The van der Waals surface area contributed by atoms with Crippen LogP contribution in [-0.2, 0) is 0 Å². The van der Waals surface area contributed by atoms with Crippen molar-refractivity contribution in [3.05, 3.63) is 57.3 Å². The number of pyridine rings is 1. The van der Waals surface area contributed by atoms with E-state index in [9.17, 15) is 4.79 Å². The Morgan fingerprint density at radius 1 is 1.32 bits per heavy atom. The number of rotatable bonds is 1. The van der Waals surface area contributed by atoms with Gasteiger partial charge in [-0.1, -0.05) is 11.6 Å². The van der Waals surface area contributed by atoms with E-state index < -0.39 is 0 Å². The van der Waals surface area contributed by atoms with Gasteiger partial charge in [-0.25, -0.2) is 0 Å².